The van der Waals surface area contributed by atoms with Crippen LogP contribution < -0.4 is 0 Å². The molecule has 3 aromatic carbocycles. The molecular weight excluding hydrogens is 383 g/mol. The lowest BCUT2D eigenvalue weighted by Crippen LogP contribution is -2.05. The van der Waals surface area contributed by atoms with Gasteiger partial charge >= 0.3 is 0 Å². The number of hydrogen-bond donors (Lipinski definition) is 0. The number of imidazole rings is 1. The van der Waals surface area contributed by atoms with Crippen LogP contribution in [0.2, 0.25) is 10.0 Å². The summed E-state index contributed by atoms with van der Waals surface area (Å²) in [5, 5.41) is 1.33. The molecule has 0 bridgehead atoms. The van der Waals surface area contributed by atoms with E-state index in [4.69, 9.17) is 28.2 Å². The average Bonchev–Trinajstić information content (AvgIpc) is 3.01. The molecule has 0 N–H and O–H groups in total. The number of benzene rings is 3. The molecule has 5 heteroatoms. The highest BCUT2D eigenvalue weighted by Gasteiger charge is 2.13. The van der Waals surface area contributed by atoms with Crippen molar-refractivity contribution >= 4 is 46.0 Å². The molecule has 2 nitrogen and oxygen atoms in total. The maximum Gasteiger partial charge on any atom is 0.120 e. The zero-order valence-corrected chi connectivity index (χ0v) is 16.2. The van der Waals surface area contributed by atoms with Gasteiger partial charge in [0.25, 0.3) is 0 Å². The summed E-state index contributed by atoms with van der Waals surface area (Å²) >= 11 is 14.2. The van der Waals surface area contributed by atoms with Gasteiger partial charge in [0.2, 0.25) is 0 Å². The van der Waals surface area contributed by atoms with E-state index in [1.54, 1.807) is 17.8 Å². The molecule has 1 aromatic heterocycles. The van der Waals surface area contributed by atoms with Crippen molar-refractivity contribution < 1.29 is 0 Å². The number of para-hydroxylation sites is 2. The van der Waals surface area contributed by atoms with Gasteiger partial charge in [0, 0.05) is 14.9 Å². The van der Waals surface area contributed by atoms with Crippen LogP contribution in [-0.4, -0.2) is 9.55 Å². The van der Waals surface area contributed by atoms with Crippen LogP contribution in [0.5, 0.6) is 0 Å². The molecule has 0 radical (unpaired) electrons. The van der Waals surface area contributed by atoms with Crippen molar-refractivity contribution in [3.8, 4) is 0 Å². The molecule has 130 valence electrons. The van der Waals surface area contributed by atoms with Gasteiger partial charge in [-0.05, 0) is 42.0 Å². The predicted octanol–water partition coefficient (Wildman–Crippen LogP) is 6.68. The molecule has 0 atom stereocenters. The normalized spacial score (nSPS) is 11.2. The number of aromatic nitrogens is 2. The summed E-state index contributed by atoms with van der Waals surface area (Å²) in [4.78, 5) is 6.08. The maximum atomic E-state index is 6.40. The van der Waals surface area contributed by atoms with E-state index in [2.05, 4.69) is 34.9 Å². The number of fused-ring (bicyclic) bond motifs is 1. The molecule has 0 aliphatic carbocycles. The Bertz CT molecular complexity index is 1040. The zero-order valence-electron chi connectivity index (χ0n) is 13.9. The van der Waals surface area contributed by atoms with E-state index >= 15 is 0 Å². The number of hydrogen-bond acceptors (Lipinski definition) is 2. The van der Waals surface area contributed by atoms with E-state index in [0.717, 1.165) is 28.2 Å². The van der Waals surface area contributed by atoms with E-state index in [1.807, 2.05) is 36.4 Å². The van der Waals surface area contributed by atoms with Crippen molar-refractivity contribution in [3.63, 3.8) is 0 Å². The number of nitrogens with zero attached hydrogens (tertiary/aromatic N) is 2. The van der Waals surface area contributed by atoms with E-state index < -0.39 is 0 Å². The molecule has 0 aliphatic rings. The van der Waals surface area contributed by atoms with Gasteiger partial charge in [-0.15, -0.1) is 11.8 Å². The topological polar surface area (TPSA) is 17.8 Å². The fourth-order valence-corrected chi connectivity index (χ4v) is 4.23. The van der Waals surface area contributed by atoms with Crippen molar-refractivity contribution in [2.24, 2.45) is 0 Å². The Morgan fingerprint density at radius 1 is 0.885 bits per heavy atom. The average molecular weight is 399 g/mol. The number of halogens is 2. The first-order chi connectivity index (χ1) is 12.7. The summed E-state index contributed by atoms with van der Waals surface area (Å²) in [6, 6.07) is 24.2. The first-order valence-corrected chi connectivity index (χ1v) is 10.0. The SMILES string of the molecule is Clc1ccc(Cn2c(CSc3ccccc3)nc3ccccc32)c(Cl)c1. The van der Waals surface area contributed by atoms with Crippen LogP contribution in [0.25, 0.3) is 11.0 Å². The summed E-state index contributed by atoms with van der Waals surface area (Å²) in [5.41, 5.74) is 3.15. The molecule has 0 fully saturated rings. The molecule has 1 heterocycles. The largest absolute Gasteiger partial charge is 0.323 e. The summed E-state index contributed by atoms with van der Waals surface area (Å²) in [6.45, 7) is 0.668. The van der Waals surface area contributed by atoms with Gasteiger partial charge < -0.3 is 4.57 Å². The summed E-state index contributed by atoms with van der Waals surface area (Å²) in [5.74, 6) is 1.83. The van der Waals surface area contributed by atoms with Gasteiger partial charge in [-0.25, -0.2) is 4.98 Å². The third-order valence-corrected chi connectivity index (χ3v) is 5.78. The lowest BCUT2D eigenvalue weighted by Gasteiger charge is -2.11. The molecular formula is C21H16Cl2N2S. The van der Waals surface area contributed by atoms with Gasteiger partial charge in [0.15, 0.2) is 0 Å². The third-order valence-electron chi connectivity index (χ3n) is 4.19. The highest BCUT2D eigenvalue weighted by Crippen LogP contribution is 2.28. The van der Waals surface area contributed by atoms with Crippen LogP contribution in [0.1, 0.15) is 11.4 Å². The molecule has 0 amide bonds. The molecule has 0 spiro atoms. The van der Waals surface area contributed by atoms with Gasteiger partial charge in [0.1, 0.15) is 5.82 Å². The second-order valence-corrected chi connectivity index (χ2v) is 7.83. The van der Waals surface area contributed by atoms with E-state index in [0.29, 0.717) is 16.6 Å². The molecule has 0 saturated heterocycles. The molecule has 26 heavy (non-hydrogen) atoms. The quantitative estimate of drug-likeness (QED) is 0.348. The standard InChI is InChI=1S/C21H16Cl2N2S/c22-16-11-10-15(18(23)12-16)13-25-20-9-5-4-8-19(20)24-21(25)14-26-17-6-2-1-3-7-17/h1-12H,13-14H2. The van der Waals surface area contributed by atoms with Gasteiger partial charge in [-0.2, -0.15) is 0 Å². The van der Waals surface area contributed by atoms with Gasteiger partial charge in [-0.1, -0.05) is 59.6 Å². The van der Waals surface area contributed by atoms with E-state index in [1.165, 1.54) is 4.90 Å². The van der Waals surface area contributed by atoms with Crippen molar-refractivity contribution in [1.29, 1.82) is 0 Å². The molecule has 0 saturated carbocycles. The van der Waals surface area contributed by atoms with Crippen LogP contribution in [0, 0.1) is 0 Å². The minimum Gasteiger partial charge on any atom is -0.323 e. The minimum absolute atomic E-state index is 0.647. The summed E-state index contributed by atoms with van der Waals surface area (Å²) < 4.78 is 2.24. The first kappa shape index (κ1) is 17.5. The Kier molecular flexibility index (Phi) is 5.21. The van der Waals surface area contributed by atoms with Crippen molar-refractivity contribution in [1.82, 2.24) is 9.55 Å². The fraction of sp³-hybridized carbons (Fsp3) is 0.0952. The summed E-state index contributed by atoms with van der Waals surface area (Å²) in [7, 11) is 0. The highest BCUT2D eigenvalue weighted by atomic mass is 35.5. The Morgan fingerprint density at radius 3 is 2.46 bits per heavy atom. The predicted molar refractivity (Wildman–Crippen MR) is 111 cm³/mol. The second-order valence-electron chi connectivity index (χ2n) is 5.94. The van der Waals surface area contributed by atoms with Gasteiger partial charge in [-0.3, -0.25) is 0 Å². The van der Waals surface area contributed by atoms with Crippen LogP contribution in [0.3, 0.4) is 0 Å². The zero-order chi connectivity index (χ0) is 17.9. The number of thioether (sulfide) groups is 1. The van der Waals surface area contributed by atoms with Crippen LogP contribution in [0.4, 0.5) is 0 Å². The fourth-order valence-electron chi connectivity index (χ4n) is 2.90. The van der Waals surface area contributed by atoms with Crippen molar-refractivity contribution in [2.45, 2.75) is 17.2 Å². The first-order valence-electron chi connectivity index (χ1n) is 8.26. The molecule has 4 rings (SSSR count). The Hall–Kier alpha value is -1.94. The Balaban J connectivity index is 1.69. The molecule has 0 unspecified atom stereocenters. The lowest BCUT2D eigenvalue weighted by molar-refractivity contribution is 0.780. The Labute approximate surface area is 166 Å². The molecule has 0 aliphatic heterocycles. The highest BCUT2D eigenvalue weighted by molar-refractivity contribution is 7.98. The summed E-state index contributed by atoms with van der Waals surface area (Å²) in [6.07, 6.45) is 0. The van der Waals surface area contributed by atoms with Crippen molar-refractivity contribution in [3.05, 3.63) is 94.2 Å². The second kappa shape index (κ2) is 7.75. The van der Waals surface area contributed by atoms with Gasteiger partial charge in [0.05, 0.1) is 23.3 Å². The number of rotatable bonds is 5. The maximum absolute atomic E-state index is 6.40. The van der Waals surface area contributed by atoms with E-state index in [9.17, 15) is 0 Å². The smallest absolute Gasteiger partial charge is 0.120 e. The third kappa shape index (κ3) is 3.75. The minimum atomic E-state index is 0.647. The molecule has 4 aromatic rings. The lowest BCUT2D eigenvalue weighted by atomic mass is 10.2. The van der Waals surface area contributed by atoms with Crippen LogP contribution in [-0.2, 0) is 12.3 Å². The van der Waals surface area contributed by atoms with E-state index in [-0.39, 0.29) is 0 Å². The Morgan fingerprint density at radius 2 is 1.65 bits per heavy atom. The van der Waals surface area contributed by atoms with Crippen LogP contribution in [0.15, 0.2) is 77.7 Å². The van der Waals surface area contributed by atoms with Crippen LogP contribution >= 0.6 is 35.0 Å². The monoisotopic (exact) mass is 398 g/mol. The van der Waals surface area contributed by atoms with Crippen molar-refractivity contribution in [2.75, 3.05) is 0 Å².